The van der Waals surface area contributed by atoms with Crippen molar-refractivity contribution in [3.05, 3.63) is 23.9 Å². The minimum Gasteiger partial charge on any atom is -0.399 e. The van der Waals surface area contributed by atoms with Crippen LogP contribution in [0.2, 0.25) is 0 Å². The number of allylic oxidation sites excluding steroid dienone is 1. The van der Waals surface area contributed by atoms with E-state index in [0.717, 1.165) is 50.5 Å². The maximum absolute atomic E-state index is 15.9. The second-order valence-corrected chi connectivity index (χ2v) is 16.0. The molecule has 0 bridgehead atoms. The molecule has 0 aliphatic heterocycles. The van der Waals surface area contributed by atoms with Crippen LogP contribution in [0.4, 0.5) is 17.6 Å². The van der Waals surface area contributed by atoms with Gasteiger partial charge in [0.25, 0.3) is 0 Å². The molecule has 0 heterocycles. The van der Waals surface area contributed by atoms with Crippen LogP contribution in [0.15, 0.2) is 23.9 Å². The summed E-state index contributed by atoms with van der Waals surface area (Å²) in [5.74, 6) is -2.16. The van der Waals surface area contributed by atoms with Crippen LogP contribution in [0.5, 0.6) is 0 Å². The fourth-order valence-electron chi connectivity index (χ4n) is 11.0. The van der Waals surface area contributed by atoms with E-state index in [1.807, 2.05) is 0 Å². The van der Waals surface area contributed by atoms with Crippen molar-refractivity contribution in [1.29, 1.82) is 0 Å². The lowest BCUT2D eigenvalue weighted by atomic mass is 9.44. The Kier molecular flexibility index (Phi) is 8.75. The van der Waals surface area contributed by atoms with E-state index in [1.54, 1.807) is 0 Å². The third-order valence-electron chi connectivity index (χ3n) is 13.2. The molecule has 4 saturated carbocycles. The molecule has 7 heteroatoms. The highest BCUT2D eigenvalue weighted by molar-refractivity contribution is 5.31. The van der Waals surface area contributed by atoms with Gasteiger partial charge in [0.15, 0.2) is 0 Å². The Morgan fingerprint density at radius 2 is 1.69 bits per heavy atom. The summed E-state index contributed by atoms with van der Waals surface area (Å²) < 4.78 is 68.8. The van der Waals surface area contributed by atoms with Crippen molar-refractivity contribution in [3.63, 3.8) is 0 Å². The Balaban J connectivity index is 1.45. The largest absolute Gasteiger partial charge is 0.421 e. The van der Waals surface area contributed by atoms with E-state index < -0.39 is 30.1 Å². The van der Waals surface area contributed by atoms with E-state index in [0.29, 0.717) is 29.6 Å². The highest BCUT2D eigenvalue weighted by atomic mass is 19.3. The standard InChI is InChI=1S/C35H56F4N2O/c1-22(2)10-8-11-23(3)30-29(42-35(38,39)34(36,37)33(41)18-9-13-25(40)21-33)20-28-26-15-14-24-12-6-7-17-31(24,4)27(26)16-19-32(28,30)5/h9,13,21-24,26-30H,6-8,10-12,14-20,40-41H2,1-5H3/t23-,24?,26-,27+,28+,29?,30+,31+,32+,33?/m1/s1. The number of alkyl halides is 4. The van der Waals surface area contributed by atoms with Gasteiger partial charge in [0.2, 0.25) is 0 Å². The average molecular weight is 597 g/mol. The minimum atomic E-state index is -4.72. The van der Waals surface area contributed by atoms with E-state index in [-0.39, 0.29) is 28.9 Å². The molecule has 0 saturated heterocycles. The molecule has 240 valence electrons. The molecule has 0 aromatic heterocycles. The quantitative estimate of drug-likeness (QED) is 0.261. The molecular weight excluding hydrogens is 540 g/mol. The third-order valence-corrected chi connectivity index (χ3v) is 13.2. The van der Waals surface area contributed by atoms with Crippen molar-refractivity contribution in [2.45, 2.75) is 142 Å². The van der Waals surface area contributed by atoms with Gasteiger partial charge in [-0.25, -0.2) is 0 Å². The highest BCUT2D eigenvalue weighted by Crippen LogP contribution is 2.69. The Bertz CT molecular complexity index is 1040. The van der Waals surface area contributed by atoms with Crippen LogP contribution in [-0.2, 0) is 4.74 Å². The number of rotatable bonds is 9. The average Bonchev–Trinajstić information content (AvgIpc) is 3.18. The molecule has 0 amide bonds. The van der Waals surface area contributed by atoms with Crippen LogP contribution in [0.25, 0.3) is 0 Å². The monoisotopic (exact) mass is 596 g/mol. The second kappa shape index (κ2) is 11.4. The van der Waals surface area contributed by atoms with E-state index >= 15 is 17.6 Å². The Morgan fingerprint density at radius 3 is 2.38 bits per heavy atom. The summed E-state index contributed by atoms with van der Waals surface area (Å²) in [5.41, 5.74) is 9.16. The van der Waals surface area contributed by atoms with Crippen LogP contribution < -0.4 is 11.5 Å². The van der Waals surface area contributed by atoms with E-state index in [1.165, 1.54) is 44.3 Å². The van der Waals surface area contributed by atoms with Crippen LogP contribution in [-0.4, -0.2) is 23.7 Å². The van der Waals surface area contributed by atoms with Gasteiger partial charge >= 0.3 is 12.0 Å². The fraction of sp³-hybridized carbons (Fsp3) is 0.886. The van der Waals surface area contributed by atoms with E-state index in [9.17, 15) is 0 Å². The first-order valence-corrected chi connectivity index (χ1v) is 16.9. The Hall–Kier alpha value is -1.08. The van der Waals surface area contributed by atoms with Gasteiger partial charge in [0, 0.05) is 5.70 Å². The SMILES string of the molecule is CC(C)CCC[C@@H](C)[C@H]1C(OC(F)(F)C(F)(F)C2(N)C=C(N)C=CC2)C[C@H]2[C@@H]3CCC4CCCC[C@]4(C)[C@H]3CC[C@]12C. The van der Waals surface area contributed by atoms with Gasteiger partial charge in [-0.15, -0.1) is 0 Å². The van der Waals surface area contributed by atoms with Crippen LogP contribution >= 0.6 is 0 Å². The predicted octanol–water partition coefficient (Wildman–Crippen LogP) is 9.22. The Labute approximate surface area is 251 Å². The molecule has 0 spiro atoms. The smallest absolute Gasteiger partial charge is 0.399 e. The molecule has 5 rings (SSSR count). The summed E-state index contributed by atoms with van der Waals surface area (Å²) in [4.78, 5) is 0. The zero-order valence-electron chi connectivity index (χ0n) is 26.6. The molecule has 5 aliphatic rings. The first kappa shape index (κ1) is 32.3. The first-order chi connectivity index (χ1) is 19.6. The lowest BCUT2D eigenvalue weighted by Gasteiger charge is -2.60. The molecular formula is C35H56F4N2O. The molecule has 10 atom stereocenters. The van der Waals surface area contributed by atoms with Gasteiger partial charge < -0.3 is 16.2 Å². The molecule has 3 nitrogen and oxygen atoms in total. The van der Waals surface area contributed by atoms with Gasteiger partial charge in [0.1, 0.15) is 5.54 Å². The molecule has 5 aliphatic carbocycles. The summed E-state index contributed by atoms with van der Waals surface area (Å²) in [6.07, 6.45) is 10.5. The number of halogens is 4. The van der Waals surface area contributed by atoms with E-state index in [2.05, 4.69) is 34.6 Å². The number of ether oxygens (including phenoxy) is 1. The molecule has 4 N–H and O–H groups in total. The zero-order valence-corrected chi connectivity index (χ0v) is 26.6. The summed E-state index contributed by atoms with van der Waals surface area (Å²) in [6.45, 7) is 11.3. The summed E-state index contributed by atoms with van der Waals surface area (Å²) in [7, 11) is 0. The van der Waals surface area contributed by atoms with Gasteiger partial charge in [0.05, 0.1) is 6.10 Å². The van der Waals surface area contributed by atoms with Crippen molar-refractivity contribution in [1.82, 2.24) is 0 Å². The molecule has 0 radical (unpaired) electrons. The summed E-state index contributed by atoms with van der Waals surface area (Å²) in [6, 6.07) is 0. The normalized spacial score (nSPS) is 43.0. The van der Waals surface area contributed by atoms with Crippen molar-refractivity contribution < 1.29 is 22.3 Å². The lowest BCUT2D eigenvalue weighted by molar-refractivity contribution is -0.378. The maximum atomic E-state index is 15.9. The van der Waals surface area contributed by atoms with Crippen molar-refractivity contribution >= 4 is 0 Å². The molecule has 0 aromatic carbocycles. The second-order valence-electron chi connectivity index (χ2n) is 16.0. The van der Waals surface area contributed by atoms with Crippen molar-refractivity contribution in [2.75, 3.05) is 0 Å². The van der Waals surface area contributed by atoms with Crippen LogP contribution in [0.3, 0.4) is 0 Å². The number of fused-ring (bicyclic) bond motifs is 5. The zero-order chi connectivity index (χ0) is 30.7. The van der Waals surface area contributed by atoms with Crippen LogP contribution in [0.1, 0.15) is 118 Å². The third kappa shape index (κ3) is 5.28. The highest BCUT2D eigenvalue weighted by Gasteiger charge is 2.71. The van der Waals surface area contributed by atoms with Gasteiger partial charge in [-0.2, -0.15) is 17.6 Å². The molecule has 3 unspecified atom stereocenters. The minimum absolute atomic E-state index is 0.0341. The summed E-state index contributed by atoms with van der Waals surface area (Å²) >= 11 is 0. The topological polar surface area (TPSA) is 61.3 Å². The van der Waals surface area contributed by atoms with Gasteiger partial charge in [-0.1, -0.05) is 72.8 Å². The Morgan fingerprint density at radius 1 is 0.952 bits per heavy atom. The number of nitrogens with two attached hydrogens (primary N) is 2. The predicted molar refractivity (Wildman–Crippen MR) is 161 cm³/mol. The number of hydrogen-bond acceptors (Lipinski definition) is 3. The van der Waals surface area contributed by atoms with Crippen molar-refractivity contribution in [2.24, 2.45) is 63.7 Å². The molecule has 42 heavy (non-hydrogen) atoms. The van der Waals surface area contributed by atoms with Gasteiger partial charge in [-0.3, -0.25) is 0 Å². The summed E-state index contributed by atoms with van der Waals surface area (Å²) in [5, 5.41) is 0. The molecule has 4 fully saturated rings. The fourth-order valence-corrected chi connectivity index (χ4v) is 11.0. The van der Waals surface area contributed by atoms with Crippen molar-refractivity contribution in [3.8, 4) is 0 Å². The first-order valence-electron chi connectivity index (χ1n) is 16.9. The number of hydrogen-bond donors (Lipinski definition) is 2. The van der Waals surface area contributed by atoms with Gasteiger partial charge in [-0.05, 0) is 116 Å². The van der Waals surface area contributed by atoms with E-state index in [4.69, 9.17) is 16.2 Å². The molecule has 0 aromatic rings. The lowest BCUT2D eigenvalue weighted by Crippen LogP contribution is -2.65. The maximum Gasteiger partial charge on any atom is 0.421 e. The van der Waals surface area contributed by atoms with Crippen LogP contribution in [0, 0.1) is 52.3 Å².